The van der Waals surface area contributed by atoms with E-state index in [9.17, 15) is 8.42 Å². The molecule has 1 aromatic heterocycles. The Balaban J connectivity index is 2.15. The molecule has 2 rings (SSSR count). The molecule has 0 saturated heterocycles. The average molecular weight is 300 g/mol. The first-order valence-electron chi connectivity index (χ1n) is 7.10. The number of rotatable bonds is 7. The largest absolute Gasteiger partial charge is 0.330 e. The minimum Gasteiger partial charge on any atom is -0.330 e. The summed E-state index contributed by atoms with van der Waals surface area (Å²) in [6.45, 7) is 7.42. The van der Waals surface area contributed by atoms with Crippen molar-refractivity contribution < 1.29 is 8.42 Å². The maximum absolute atomic E-state index is 12.4. The van der Waals surface area contributed by atoms with Crippen molar-refractivity contribution in [3.8, 4) is 0 Å². The molecule has 1 aliphatic carbocycles. The van der Waals surface area contributed by atoms with Gasteiger partial charge in [0.1, 0.15) is 4.90 Å². The highest BCUT2D eigenvalue weighted by Crippen LogP contribution is 2.37. The Hall–Kier alpha value is -0.920. The maximum atomic E-state index is 12.4. The van der Waals surface area contributed by atoms with E-state index in [0.29, 0.717) is 47.8 Å². The van der Waals surface area contributed by atoms with Crippen molar-refractivity contribution in [2.75, 3.05) is 13.1 Å². The maximum Gasteiger partial charge on any atom is 0.244 e. The van der Waals surface area contributed by atoms with Crippen LogP contribution in [-0.2, 0) is 16.6 Å². The van der Waals surface area contributed by atoms with Crippen molar-refractivity contribution in [1.82, 2.24) is 14.5 Å². The second-order valence-electron chi connectivity index (χ2n) is 5.69. The minimum absolute atomic E-state index is 0.322. The molecule has 114 valence electrons. The fourth-order valence-electron chi connectivity index (χ4n) is 2.50. The third-order valence-electron chi connectivity index (χ3n) is 3.97. The zero-order valence-corrected chi connectivity index (χ0v) is 13.2. The minimum atomic E-state index is -3.47. The highest BCUT2D eigenvalue weighted by Gasteiger charge is 2.34. The number of aromatic nitrogens is 2. The van der Waals surface area contributed by atoms with E-state index in [2.05, 4.69) is 16.7 Å². The fourth-order valence-corrected chi connectivity index (χ4v) is 4.00. The van der Waals surface area contributed by atoms with Crippen LogP contribution in [-0.4, -0.2) is 31.3 Å². The molecule has 2 atom stereocenters. The van der Waals surface area contributed by atoms with Crippen LogP contribution in [0.2, 0.25) is 0 Å². The van der Waals surface area contributed by atoms with Crippen LogP contribution >= 0.6 is 0 Å². The van der Waals surface area contributed by atoms with Gasteiger partial charge in [0.2, 0.25) is 10.0 Å². The van der Waals surface area contributed by atoms with Crippen LogP contribution in [0, 0.1) is 25.7 Å². The Kier molecular flexibility index (Phi) is 4.51. The zero-order chi connectivity index (χ0) is 14.9. The molecule has 0 radical (unpaired) electrons. The predicted molar refractivity (Wildman–Crippen MR) is 77.8 cm³/mol. The number of nitrogens with one attached hydrogen (secondary N) is 1. The summed E-state index contributed by atoms with van der Waals surface area (Å²) in [7, 11) is -3.47. The van der Waals surface area contributed by atoms with E-state index in [0.717, 1.165) is 12.8 Å². The van der Waals surface area contributed by atoms with Gasteiger partial charge in [-0.05, 0) is 45.1 Å². The molecule has 0 bridgehead atoms. The summed E-state index contributed by atoms with van der Waals surface area (Å²) < 4.78 is 29.3. The fraction of sp³-hybridized carbons (Fsp3) is 0.769. The van der Waals surface area contributed by atoms with Crippen molar-refractivity contribution >= 4 is 10.0 Å². The van der Waals surface area contributed by atoms with E-state index in [1.54, 1.807) is 18.5 Å². The highest BCUT2D eigenvalue weighted by atomic mass is 32.2. The summed E-state index contributed by atoms with van der Waals surface area (Å²) >= 11 is 0. The van der Waals surface area contributed by atoms with E-state index < -0.39 is 10.0 Å². The number of hydrogen-bond acceptors (Lipinski definition) is 4. The lowest BCUT2D eigenvalue weighted by atomic mass is 10.3. The topological polar surface area (TPSA) is 90.0 Å². The smallest absolute Gasteiger partial charge is 0.244 e. The Morgan fingerprint density at radius 2 is 2.10 bits per heavy atom. The van der Waals surface area contributed by atoms with Crippen LogP contribution in [0.25, 0.3) is 0 Å². The lowest BCUT2D eigenvalue weighted by molar-refractivity contribution is 0.561. The van der Waals surface area contributed by atoms with Gasteiger partial charge in [0.05, 0.1) is 11.4 Å². The van der Waals surface area contributed by atoms with Crippen LogP contribution in [0.3, 0.4) is 0 Å². The van der Waals surface area contributed by atoms with Crippen molar-refractivity contribution in [3.05, 3.63) is 11.4 Å². The van der Waals surface area contributed by atoms with Gasteiger partial charge < -0.3 is 5.73 Å². The predicted octanol–water partition coefficient (Wildman–Crippen LogP) is 0.783. The number of hydrogen-bond donors (Lipinski definition) is 2. The van der Waals surface area contributed by atoms with E-state index in [1.165, 1.54) is 0 Å². The van der Waals surface area contributed by atoms with Gasteiger partial charge in [0, 0.05) is 13.1 Å². The molecule has 0 aliphatic heterocycles. The summed E-state index contributed by atoms with van der Waals surface area (Å²) in [5.74, 6) is 1.12. The zero-order valence-electron chi connectivity index (χ0n) is 12.4. The summed E-state index contributed by atoms with van der Waals surface area (Å²) in [6.07, 6.45) is 1.89. The van der Waals surface area contributed by atoms with Gasteiger partial charge in [-0.1, -0.05) is 6.92 Å². The first kappa shape index (κ1) is 15.5. The van der Waals surface area contributed by atoms with Gasteiger partial charge >= 0.3 is 0 Å². The first-order chi connectivity index (χ1) is 9.36. The van der Waals surface area contributed by atoms with Crippen LogP contribution in [0.15, 0.2) is 4.90 Å². The van der Waals surface area contributed by atoms with Crippen molar-refractivity contribution in [2.45, 2.75) is 45.1 Å². The standard InChI is InChI=1S/C13H24N4O2S/c1-9-7-12(9)8-15-20(18,19)13-10(2)16-17(11(13)3)6-4-5-14/h9,12,15H,4-8,14H2,1-3H3. The molecule has 3 N–H and O–H groups in total. The molecule has 7 heteroatoms. The van der Waals surface area contributed by atoms with Gasteiger partial charge in [-0.25, -0.2) is 13.1 Å². The molecule has 1 fully saturated rings. The number of sulfonamides is 1. The highest BCUT2D eigenvalue weighted by molar-refractivity contribution is 7.89. The van der Waals surface area contributed by atoms with Gasteiger partial charge in [0.15, 0.2) is 0 Å². The molecule has 0 amide bonds. The number of aryl methyl sites for hydroxylation is 2. The third kappa shape index (κ3) is 3.21. The van der Waals surface area contributed by atoms with Crippen LogP contribution in [0.1, 0.15) is 31.2 Å². The SMILES string of the molecule is Cc1nn(CCCN)c(C)c1S(=O)(=O)NCC1CC1C. The van der Waals surface area contributed by atoms with Crippen LogP contribution in [0.4, 0.5) is 0 Å². The van der Waals surface area contributed by atoms with Crippen molar-refractivity contribution in [1.29, 1.82) is 0 Å². The second-order valence-corrected chi connectivity index (χ2v) is 7.39. The molecule has 20 heavy (non-hydrogen) atoms. The second kappa shape index (κ2) is 5.83. The third-order valence-corrected chi connectivity index (χ3v) is 5.64. The van der Waals surface area contributed by atoms with Crippen LogP contribution < -0.4 is 10.5 Å². The van der Waals surface area contributed by atoms with Gasteiger partial charge in [-0.3, -0.25) is 4.68 Å². The molecule has 0 aromatic carbocycles. The van der Waals surface area contributed by atoms with Crippen LogP contribution in [0.5, 0.6) is 0 Å². The number of nitrogens with zero attached hydrogens (tertiary/aromatic N) is 2. The normalized spacial score (nSPS) is 22.2. The Morgan fingerprint density at radius 3 is 2.65 bits per heavy atom. The van der Waals surface area contributed by atoms with Gasteiger partial charge in [-0.2, -0.15) is 5.10 Å². The van der Waals surface area contributed by atoms with E-state index in [-0.39, 0.29) is 0 Å². The molecule has 1 saturated carbocycles. The summed E-state index contributed by atoms with van der Waals surface area (Å²) in [6, 6.07) is 0. The van der Waals surface area contributed by atoms with E-state index >= 15 is 0 Å². The molecule has 6 nitrogen and oxygen atoms in total. The monoisotopic (exact) mass is 300 g/mol. The molecule has 2 unspecified atom stereocenters. The number of nitrogens with two attached hydrogens (primary N) is 1. The molecular weight excluding hydrogens is 276 g/mol. The Bertz CT molecular complexity index is 579. The van der Waals surface area contributed by atoms with Gasteiger partial charge in [-0.15, -0.1) is 0 Å². The lowest BCUT2D eigenvalue weighted by Crippen LogP contribution is -2.27. The lowest BCUT2D eigenvalue weighted by Gasteiger charge is -2.07. The summed E-state index contributed by atoms with van der Waals surface area (Å²) in [5, 5.41) is 4.31. The molecular formula is C13H24N4O2S. The molecule has 1 aliphatic rings. The van der Waals surface area contributed by atoms with E-state index in [4.69, 9.17) is 5.73 Å². The Morgan fingerprint density at radius 1 is 1.45 bits per heavy atom. The van der Waals surface area contributed by atoms with E-state index in [1.807, 2.05) is 0 Å². The average Bonchev–Trinajstić information content (AvgIpc) is 2.99. The molecule has 1 heterocycles. The molecule has 0 spiro atoms. The first-order valence-corrected chi connectivity index (χ1v) is 8.59. The van der Waals surface area contributed by atoms with Crippen molar-refractivity contribution in [3.63, 3.8) is 0 Å². The quantitative estimate of drug-likeness (QED) is 0.779. The van der Waals surface area contributed by atoms with Gasteiger partial charge in [0.25, 0.3) is 0 Å². The molecule has 1 aromatic rings. The summed E-state index contributed by atoms with van der Waals surface area (Å²) in [5.41, 5.74) is 6.73. The summed E-state index contributed by atoms with van der Waals surface area (Å²) in [4.78, 5) is 0.322. The Labute approximate surface area is 120 Å². The van der Waals surface area contributed by atoms with Crippen molar-refractivity contribution in [2.24, 2.45) is 17.6 Å².